The van der Waals surface area contributed by atoms with Crippen LogP contribution in [0.25, 0.3) is 10.9 Å². The van der Waals surface area contributed by atoms with Crippen molar-refractivity contribution in [1.82, 2.24) is 9.88 Å². The fourth-order valence-corrected chi connectivity index (χ4v) is 2.55. The Morgan fingerprint density at radius 1 is 1.32 bits per heavy atom. The molecule has 1 saturated heterocycles. The molecule has 0 aliphatic carbocycles. The van der Waals surface area contributed by atoms with Gasteiger partial charge >= 0.3 is 5.97 Å². The van der Waals surface area contributed by atoms with Crippen molar-refractivity contribution in [1.29, 1.82) is 0 Å². The molecular formula is C16H17N3O6. The molecule has 2 aromatic rings. The molecule has 132 valence electrons. The van der Waals surface area contributed by atoms with Crippen molar-refractivity contribution in [2.75, 3.05) is 39.6 Å². The van der Waals surface area contributed by atoms with Gasteiger partial charge in [0, 0.05) is 25.4 Å². The van der Waals surface area contributed by atoms with Crippen molar-refractivity contribution in [3.8, 4) is 5.75 Å². The molecule has 1 aliphatic heterocycles. The summed E-state index contributed by atoms with van der Waals surface area (Å²) in [6.45, 7) is 2.47. The summed E-state index contributed by atoms with van der Waals surface area (Å²) in [4.78, 5) is 28.5. The molecular weight excluding hydrogens is 330 g/mol. The molecule has 0 N–H and O–H groups in total. The molecule has 0 spiro atoms. The van der Waals surface area contributed by atoms with Crippen molar-refractivity contribution < 1.29 is 23.9 Å². The Bertz CT molecular complexity index is 776. The standard InChI is InChI=1S/C16H17N3O6/c20-15(10-18-6-8-23-9-7-18)25-11-24-14-4-3-13(19(21)22)12-2-1-5-17-16(12)14/h1-5H,6-11H2. The molecule has 1 aromatic carbocycles. The second kappa shape index (κ2) is 7.86. The number of hydrogen-bond acceptors (Lipinski definition) is 8. The van der Waals surface area contributed by atoms with Crippen molar-refractivity contribution in [2.45, 2.75) is 0 Å². The van der Waals surface area contributed by atoms with Crippen LogP contribution < -0.4 is 4.74 Å². The third-order valence-electron chi connectivity index (χ3n) is 3.80. The largest absolute Gasteiger partial charge is 0.455 e. The first-order valence-corrected chi connectivity index (χ1v) is 7.76. The summed E-state index contributed by atoms with van der Waals surface area (Å²) < 4.78 is 15.7. The van der Waals surface area contributed by atoms with Crippen LogP contribution >= 0.6 is 0 Å². The van der Waals surface area contributed by atoms with Gasteiger partial charge in [0.1, 0.15) is 11.3 Å². The highest BCUT2D eigenvalue weighted by Gasteiger charge is 2.17. The van der Waals surface area contributed by atoms with E-state index in [2.05, 4.69) is 4.98 Å². The van der Waals surface area contributed by atoms with E-state index in [4.69, 9.17) is 14.2 Å². The first kappa shape index (κ1) is 17.1. The molecule has 0 amide bonds. The number of fused-ring (bicyclic) bond motifs is 1. The van der Waals surface area contributed by atoms with Crippen LogP contribution in [0.4, 0.5) is 5.69 Å². The van der Waals surface area contributed by atoms with E-state index in [0.29, 0.717) is 43.0 Å². The van der Waals surface area contributed by atoms with Crippen molar-refractivity contribution in [3.63, 3.8) is 0 Å². The van der Waals surface area contributed by atoms with Gasteiger partial charge in [-0.3, -0.25) is 24.8 Å². The van der Waals surface area contributed by atoms with Crippen molar-refractivity contribution >= 4 is 22.6 Å². The SMILES string of the molecule is O=C(CN1CCOCC1)OCOc1ccc([N+](=O)[O-])c2cccnc12. The second-order valence-corrected chi connectivity index (χ2v) is 5.41. The minimum absolute atomic E-state index is 0.0558. The highest BCUT2D eigenvalue weighted by atomic mass is 16.7. The van der Waals surface area contributed by atoms with Crippen LogP contribution in [0.3, 0.4) is 0 Å². The Morgan fingerprint density at radius 2 is 2.12 bits per heavy atom. The van der Waals surface area contributed by atoms with E-state index in [0.717, 1.165) is 0 Å². The number of non-ortho nitro benzene ring substituents is 1. The summed E-state index contributed by atoms with van der Waals surface area (Å²) in [7, 11) is 0. The molecule has 0 bridgehead atoms. The van der Waals surface area contributed by atoms with Crippen LogP contribution in [0.1, 0.15) is 0 Å². The zero-order valence-electron chi connectivity index (χ0n) is 13.4. The Kier molecular flexibility index (Phi) is 5.36. The summed E-state index contributed by atoms with van der Waals surface area (Å²) in [5.41, 5.74) is 0.292. The average molecular weight is 347 g/mol. The normalized spacial score (nSPS) is 15.0. The Labute approximate surface area is 143 Å². The number of pyridine rings is 1. The Hall–Kier alpha value is -2.78. The fourth-order valence-electron chi connectivity index (χ4n) is 2.55. The van der Waals surface area contributed by atoms with Crippen LogP contribution in [0.15, 0.2) is 30.5 Å². The van der Waals surface area contributed by atoms with Gasteiger partial charge < -0.3 is 14.2 Å². The maximum atomic E-state index is 11.8. The smallest absolute Gasteiger partial charge is 0.323 e. The van der Waals surface area contributed by atoms with Crippen LogP contribution in [-0.2, 0) is 14.3 Å². The number of aromatic nitrogens is 1. The van der Waals surface area contributed by atoms with Crippen LogP contribution in [0, 0.1) is 10.1 Å². The number of carbonyl (C=O) groups excluding carboxylic acids is 1. The van der Waals surface area contributed by atoms with E-state index in [1.165, 1.54) is 18.3 Å². The summed E-state index contributed by atoms with van der Waals surface area (Å²) in [6, 6.07) is 6.00. The summed E-state index contributed by atoms with van der Waals surface area (Å²) in [6.07, 6.45) is 1.52. The van der Waals surface area contributed by atoms with Gasteiger partial charge in [0.05, 0.1) is 30.1 Å². The number of esters is 1. The van der Waals surface area contributed by atoms with E-state index in [9.17, 15) is 14.9 Å². The van der Waals surface area contributed by atoms with Gasteiger partial charge in [0.15, 0.2) is 0 Å². The summed E-state index contributed by atoms with van der Waals surface area (Å²) in [5, 5.41) is 11.4. The lowest BCUT2D eigenvalue weighted by Gasteiger charge is -2.25. The molecule has 0 radical (unpaired) electrons. The topological polar surface area (TPSA) is 104 Å². The highest BCUT2D eigenvalue weighted by molar-refractivity contribution is 5.92. The number of nitro benzene ring substituents is 1. The van der Waals surface area contributed by atoms with Crippen molar-refractivity contribution in [3.05, 3.63) is 40.6 Å². The first-order chi connectivity index (χ1) is 12.1. The molecule has 3 rings (SSSR count). The molecule has 2 heterocycles. The maximum absolute atomic E-state index is 11.8. The third kappa shape index (κ3) is 4.20. The fraction of sp³-hybridized carbons (Fsp3) is 0.375. The van der Waals surface area contributed by atoms with Gasteiger partial charge in [-0.25, -0.2) is 0 Å². The van der Waals surface area contributed by atoms with Gasteiger partial charge in [-0.15, -0.1) is 0 Å². The monoisotopic (exact) mass is 347 g/mol. The third-order valence-corrected chi connectivity index (χ3v) is 3.80. The number of nitro groups is 1. The molecule has 0 unspecified atom stereocenters. The lowest BCUT2D eigenvalue weighted by Crippen LogP contribution is -2.40. The minimum atomic E-state index is -0.476. The molecule has 0 saturated carbocycles. The zero-order chi connectivity index (χ0) is 17.6. The maximum Gasteiger partial charge on any atom is 0.323 e. The van der Waals surface area contributed by atoms with Crippen LogP contribution in [0.2, 0.25) is 0 Å². The van der Waals surface area contributed by atoms with E-state index < -0.39 is 10.9 Å². The molecule has 1 aliphatic rings. The number of ether oxygens (including phenoxy) is 3. The first-order valence-electron chi connectivity index (χ1n) is 7.76. The molecule has 1 fully saturated rings. The number of rotatable bonds is 6. The Balaban J connectivity index is 1.60. The molecule has 25 heavy (non-hydrogen) atoms. The molecule has 9 heteroatoms. The number of benzene rings is 1. The quantitative estimate of drug-likeness (QED) is 0.334. The van der Waals surface area contributed by atoms with Gasteiger partial charge in [-0.05, 0) is 18.2 Å². The predicted molar refractivity (Wildman–Crippen MR) is 87.2 cm³/mol. The zero-order valence-corrected chi connectivity index (χ0v) is 13.4. The number of hydrogen-bond donors (Lipinski definition) is 0. The van der Waals surface area contributed by atoms with Gasteiger partial charge in [0.2, 0.25) is 6.79 Å². The second-order valence-electron chi connectivity index (χ2n) is 5.41. The predicted octanol–water partition coefficient (Wildman–Crippen LogP) is 1.35. The Morgan fingerprint density at radius 3 is 2.88 bits per heavy atom. The van der Waals surface area contributed by atoms with E-state index in [-0.39, 0.29) is 19.0 Å². The molecule has 1 aromatic heterocycles. The van der Waals surface area contributed by atoms with Crippen LogP contribution in [-0.4, -0.2) is 60.4 Å². The average Bonchev–Trinajstić information content (AvgIpc) is 2.62. The van der Waals surface area contributed by atoms with E-state index in [1.807, 2.05) is 4.90 Å². The van der Waals surface area contributed by atoms with E-state index >= 15 is 0 Å². The van der Waals surface area contributed by atoms with Gasteiger partial charge in [-0.2, -0.15) is 0 Å². The number of carbonyl (C=O) groups is 1. The summed E-state index contributed by atoms with van der Waals surface area (Å²) in [5.74, 6) is -0.0820. The van der Waals surface area contributed by atoms with Gasteiger partial charge in [-0.1, -0.05) is 0 Å². The minimum Gasteiger partial charge on any atom is -0.455 e. The van der Waals surface area contributed by atoms with Crippen LogP contribution in [0.5, 0.6) is 5.75 Å². The van der Waals surface area contributed by atoms with E-state index in [1.54, 1.807) is 12.1 Å². The van der Waals surface area contributed by atoms with Crippen molar-refractivity contribution in [2.24, 2.45) is 0 Å². The number of morpholine rings is 1. The summed E-state index contributed by atoms with van der Waals surface area (Å²) >= 11 is 0. The lowest BCUT2D eigenvalue weighted by atomic mass is 10.1. The molecule has 9 nitrogen and oxygen atoms in total. The lowest BCUT2D eigenvalue weighted by molar-refractivity contribution is -0.383. The molecule has 0 atom stereocenters. The van der Waals surface area contributed by atoms with Gasteiger partial charge in [0.25, 0.3) is 5.69 Å². The number of nitrogens with zero attached hydrogens (tertiary/aromatic N) is 3. The highest BCUT2D eigenvalue weighted by Crippen LogP contribution is 2.31.